The van der Waals surface area contributed by atoms with Crippen molar-refractivity contribution in [3.05, 3.63) is 40.4 Å². The topological polar surface area (TPSA) is 48.4 Å². The zero-order valence-corrected chi connectivity index (χ0v) is 12.4. The minimum absolute atomic E-state index is 0.360. The number of hydrogen-bond donors (Lipinski definition) is 0. The lowest BCUT2D eigenvalue weighted by molar-refractivity contribution is -0.131. The molecule has 0 saturated carbocycles. The van der Waals surface area contributed by atoms with Gasteiger partial charge in [-0.05, 0) is 48.8 Å². The third-order valence-corrected chi connectivity index (χ3v) is 3.39. The van der Waals surface area contributed by atoms with Gasteiger partial charge < -0.3 is 9.47 Å². The van der Waals surface area contributed by atoms with E-state index in [-0.39, 0.29) is 5.97 Å². The number of esters is 1. The Morgan fingerprint density at radius 2 is 2.10 bits per heavy atom. The molecule has 1 aromatic heterocycles. The molecule has 20 heavy (non-hydrogen) atoms. The number of aromatic nitrogens is 1. The van der Waals surface area contributed by atoms with Crippen molar-refractivity contribution in [3.63, 3.8) is 0 Å². The van der Waals surface area contributed by atoms with Crippen LogP contribution in [0.3, 0.4) is 0 Å². The summed E-state index contributed by atoms with van der Waals surface area (Å²) in [5.74, 6) is 0.767. The summed E-state index contributed by atoms with van der Waals surface area (Å²) in [5.41, 5.74) is 1.80. The van der Waals surface area contributed by atoms with Gasteiger partial charge in [0.2, 0.25) is 0 Å². The zero-order valence-electron chi connectivity index (χ0n) is 11.5. The highest BCUT2D eigenvalue weighted by Crippen LogP contribution is 2.27. The Bertz CT molecular complexity index is 646. The second-order valence-electron chi connectivity index (χ2n) is 4.20. The summed E-state index contributed by atoms with van der Waals surface area (Å²) in [6.45, 7) is 3.32. The fraction of sp³-hybridized carbons (Fsp3) is 0.200. The average molecular weight is 289 g/mol. The van der Waals surface area contributed by atoms with Crippen LogP contribution in [-0.4, -0.2) is 17.5 Å². The molecule has 0 N–H and O–H groups in total. The molecule has 2 rings (SSSR count). The number of benzene rings is 1. The van der Waals surface area contributed by atoms with Crippen molar-refractivity contribution in [2.75, 3.05) is 7.11 Å². The first-order valence-corrected chi connectivity index (χ1v) is 6.83. The molecule has 5 heteroatoms. The van der Waals surface area contributed by atoms with Crippen molar-refractivity contribution in [2.24, 2.45) is 0 Å². The Labute approximate surface area is 121 Å². The van der Waals surface area contributed by atoms with Crippen LogP contribution in [0.25, 0.3) is 12.2 Å². The third-order valence-electron chi connectivity index (χ3n) is 2.55. The molecular weight excluding hydrogens is 274 g/mol. The average Bonchev–Trinajstić information content (AvgIpc) is 2.82. The van der Waals surface area contributed by atoms with Crippen LogP contribution in [0.15, 0.2) is 24.3 Å². The Hall–Kier alpha value is -2.14. The quantitative estimate of drug-likeness (QED) is 0.638. The van der Waals surface area contributed by atoms with Gasteiger partial charge in [-0.1, -0.05) is 0 Å². The van der Waals surface area contributed by atoms with E-state index in [1.165, 1.54) is 18.5 Å². The Morgan fingerprint density at radius 3 is 2.70 bits per heavy atom. The van der Waals surface area contributed by atoms with Gasteiger partial charge in [-0.25, -0.2) is 0 Å². The number of carbonyl (C=O) groups excluding carboxylic acids is 1. The molecule has 0 unspecified atom stereocenters. The molecule has 104 valence electrons. The summed E-state index contributed by atoms with van der Waals surface area (Å²) in [7, 11) is 1.57. The van der Waals surface area contributed by atoms with Crippen LogP contribution >= 0.6 is 11.5 Å². The van der Waals surface area contributed by atoms with Crippen molar-refractivity contribution in [1.82, 2.24) is 4.37 Å². The molecule has 0 spiro atoms. The summed E-state index contributed by atoms with van der Waals surface area (Å²) in [4.78, 5) is 12.2. The first kappa shape index (κ1) is 14.3. The largest absolute Gasteiger partial charge is 0.497 e. The third kappa shape index (κ3) is 3.68. The molecular formula is C15H15NO3S. The van der Waals surface area contributed by atoms with E-state index in [0.717, 1.165) is 16.1 Å². The van der Waals surface area contributed by atoms with Crippen molar-refractivity contribution >= 4 is 29.7 Å². The summed E-state index contributed by atoms with van der Waals surface area (Å²) >= 11 is 1.43. The van der Waals surface area contributed by atoms with Gasteiger partial charge in [0.05, 0.1) is 12.8 Å². The highest BCUT2D eigenvalue weighted by atomic mass is 32.1. The van der Waals surface area contributed by atoms with E-state index in [2.05, 4.69) is 4.37 Å². The van der Waals surface area contributed by atoms with E-state index < -0.39 is 0 Å². The molecule has 0 aliphatic rings. The summed E-state index contributed by atoms with van der Waals surface area (Å²) in [5, 5.41) is 0. The van der Waals surface area contributed by atoms with E-state index in [4.69, 9.17) is 9.47 Å². The predicted octanol–water partition coefficient (Wildman–Crippen LogP) is 3.56. The number of nitrogens with zero attached hydrogens (tertiary/aromatic N) is 1. The van der Waals surface area contributed by atoms with Crippen molar-refractivity contribution in [1.29, 1.82) is 0 Å². The van der Waals surface area contributed by atoms with E-state index in [0.29, 0.717) is 11.5 Å². The van der Waals surface area contributed by atoms with E-state index in [1.807, 2.05) is 37.3 Å². The van der Waals surface area contributed by atoms with Crippen LogP contribution in [0, 0.1) is 6.92 Å². The summed E-state index contributed by atoms with van der Waals surface area (Å²) < 4.78 is 14.5. The molecule has 1 aromatic carbocycles. The number of hydrogen-bond acceptors (Lipinski definition) is 5. The molecule has 0 aliphatic heterocycles. The van der Waals surface area contributed by atoms with Gasteiger partial charge in [-0.2, -0.15) is 4.37 Å². The van der Waals surface area contributed by atoms with Gasteiger partial charge in [0, 0.05) is 23.4 Å². The molecule has 0 saturated heterocycles. The van der Waals surface area contributed by atoms with Gasteiger partial charge in [0.15, 0.2) is 0 Å². The first-order chi connectivity index (χ1) is 9.58. The number of rotatable bonds is 4. The van der Waals surface area contributed by atoms with Gasteiger partial charge in [-0.15, -0.1) is 0 Å². The van der Waals surface area contributed by atoms with E-state index in [9.17, 15) is 4.79 Å². The first-order valence-electron chi connectivity index (χ1n) is 6.06. The van der Waals surface area contributed by atoms with Crippen molar-refractivity contribution in [3.8, 4) is 11.5 Å². The van der Waals surface area contributed by atoms with Crippen LogP contribution in [0.5, 0.6) is 11.5 Å². The predicted molar refractivity (Wildman–Crippen MR) is 80.1 cm³/mol. The highest BCUT2D eigenvalue weighted by Gasteiger charge is 2.06. The molecule has 0 atom stereocenters. The maximum Gasteiger partial charge on any atom is 0.308 e. The Kier molecular flexibility index (Phi) is 4.53. The molecule has 0 aliphatic carbocycles. The molecule has 4 nitrogen and oxygen atoms in total. The van der Waals surface area contributed by atoms with Crippen molar-refractivity contribution < 1.29 is 14.3 Å². The maximum atomic E-state index is 11.1. The fourth-order valence-corrected chi connectivity index (χ4v) is 2.31. The highest BCUT2D eigenvalue weighted by molar-refractivity contribution is 7.06. The molecule has 0 fully saturated rings. The summed E-state index contributed by atoms with van der Waals surface area (Å²) in [6, 6.07) is 7.36. The van der Waals surface area contributed by atoms with Gasteiger partial charge in [0.25, 0.3) is 0 Å². The van der Waals surface area contributed by atoms with Crippen LogP contribution in [-0.2, 0) is 4.79 Å². The number of methoxy groups -OCH3 is 1. The lowest BCUT2D eigenvalue weighted by Crippen LogP contribution is -2.03. The van der Waals surface area contributed by atoms with Gasteiger partial charge >= 0.3 is 5.97 Å². The maximum absolute atomic E-state index is 11.1. The van der Waals surface area contributed by atoms with E-state index >= 15 is 0 Å². The standard InChI is InChI=1S/C15H15NO3S/c1-10-8-14(20-16-10)7-5-12-4-6-13(18-3)9-15(12)19-11(2)17/h4-9H,1-3H3/b7-5+. The van der Waals surface area contributed by atoms with Crippen LogP contribution < -0.4 is 9.47 Å². The Balaban J connectivity index is 2.29. The summed E-state index contributed by atoms with van der Waals surface area (Å²) in [6.07, 6.45) is 3.84. The minimum Gasteiger partial charge on any atom is -0.497 e. The number of aryl methyl sites for hydroxylation is 1. The fourth-order valence-electron chi connectivity index (χ4n) is 1.66. The second kappa shape index (κ2) is 6.34. The Morgan fingerprint density at radius 1 is 1.30 bits per heavy atom. The normalized spacial score (nSPS) is 10.8. The molecule has 0 radical (unpaired) electrons. The zero-order chi connectivity index (χ0) is 14.5. The number of ether oxygens (including phenoxy) is 2. The smallest absolute Gasteiger partial charge is 0.308 e. The van der Waals surface area contributed by atoms with Crippen molar-refractivity contribution in [2.45, 2.75) is 13.8 Å². The molecule has 0 amide bonds. The van der Waals surface area contributed by atoms with Crippen LogP contribution in [0.1, 0.15) is 23.1 Å². The molecule has 1 heterocycles. The monoisotopic (exact) mass is 289 g/mol. The van der Waals surface area contributed by atoms with Crippen LogP contribution in [0.2, 0.25) is 0 Å². The lowest BCUT2D eigenvalue weighted by atomic mass is 10.1. The van der Waals surface area contributed by atoms with Gasteiger partial charge in [-0.3, -0.25) is 4.79 Å². The second-order valence-corrected chi connectivity index (χ2v) is 5.04. The molecule has 0 bridgehead atoms. The van der Waals surface area contributed by atoms with E-state index in [1.54, 1.807) is 13.2 Å². The SMILES string of the molecule is COc1ccc(/C=C/c2cc(C)ns2)c(OC(C)=O)c1. The minimum atomic E-state index is -0.360. The van der Waals surface area contributed by atoms with Crippen LogP contribution in [0.4, 0.5) is 0 Å². The molecule has 2 aromatic rings. The lowest BCUT2D eigenvalue weighted by Gasteiger charge is -2.07. The number of carbonyl (C=O) groups is 1. The van der Waals surface area contributed by atoms with Gasteiger partial charge in [0.1, 0.15) is 11.5 Å².